The van der Waals surface area contributed by atoms with Crippen molar-refractivity contribution in [2.24, 2.45) is 5.92 Å². The minimum Gasteiger partial charge on any atom is -0.316 e. The first-order chi connectivity index (χ1) is 8.90. The lowest BCUT2D eigenvalue weighted by Gasteiger charge is -2.30. The molecule has 0 amide bonds. The molecule has 1 aliphatic heterocycles. The third-order valence-electron chi connectivity index (χ3n) is 3.53. The molecule has 1 saturated heterocycles. The minimum atomic E-state index is -3.45. The van der Waals surface area contributed by atoms with Gasteiger partial charge in [0.1, 0.15) is 0 Å². The number of halogens is 1. The molecule has 0 spiro atoms. The molecule has 2 rings (SSSR count). The quantitative estimate of drug-likeness (QED) is 0.880. The molecule has 2 N–H and O–H groups in total. The van der Waals surface area contributed by atoms with Gasteiger partial charge in [-0.05, 0) is 50.0 Å². The Morgan fingerprint density at radius 3 is 2.84 bits per heavy atom. The van der Waals surface area contributed by atoms with Crippen LogP contribution in [0, 0.1) is 12.8 Å². The lowest BCUT2D eigenvalue weighted by molar-refractivity contribution is 0.328. The van der Waals surface area contributed by atoms with Gasteiger partial charge in [-0.15, -0.1) is 0 Å². The van der Waals surface area contributed by atoms with E-state index in [1.807, 2.05) is 19.1 Å². The van der Waals surface area contributed by atoms with Crippen molar-refractivity contribution in [3.8, 4) is 0 Å². The summed E-state index contributed by atoms with van der Waals surface area (Å²) < 4.78 is 28.5. The van der Waals surface area contributed by atoms with Crippen LogP contribution in [0.1, 0.15) is 18.9 Å². The third kappa shape index (κ3) is 3.56. The highest BCUT2D eigenvalue weighted by molar-refractivity contribution is 9.10. The zero-order valence-electron chi connectivity index (χ0n) is 11.1. The fourth-order valence-electron chi connectivity index (χ4n) is 2.32. The number of hydrogen-bond acceptors (Lipinski definition) is 3. The van der Waals surface area contributed by atoms with Crippen LogP contribution in [0.4, 0.5) is 0 Å². The summed E-state index contributed by atoms with van der Waals surface area (Å²) in [6.07, 6.45) is 0.827. The molecule has 0 bridgehead atoms. The highest BCUT2D eigenvalue weighted by atomic mass is 79.9. The first-order valence-corrected chi connectivity index (χ1v) is 8.67. The molecule has 0 aromatic heterocycles. The summed E-state index contributed by atoms with van der Waals surface area (Å²) >= 11 is 3.32. The van der Waals surface area contributed by atoms with Crippen LogP contribution < -0.4 is 10.0 Å². The van der Waals surface area contributed by atoms with Crippen LogP contribution >= 0.6 is 15.9 Å². The van der Waals surface area contributed by atoms with E-state index in [-0.39, 0.29) is 6.04 Å². The zero-order chi connectivity index (χ0) is 14.0. The standard InChI is InChI=1S/C13H19BrN2O2S/c1-9-3-4-11(14)7-13(9)19(17,18)16-12-5-6-15-8-10(12)2/h3-4,7,10,12,15-16H,5-6,8H2,1-2H3. The largest absolute Gasteiger partial charge is 0.316 e. The van der Waals surface area contributed by atoms with Crippen LogP contribution in [0.3, 0.4) is 0 Å². The molecule has 2 unspecified atom stereocenters. The summed E-state index contributed by atoms with van der Waals surface area (Å²) in [6.45, 7) is 5.58. The molecule has 1 aromatic rings. The van der Waals surface area contributed by atoms with Crippen molar-refractivity contribution >= 4 is 26.0 Å². The molecule has 4 nitrogen and oxygen atoms in total. The Balaban J connectivity index is 2.24. The van der Waals surface area contributed by atoms with Crippen molar-refractivity contribution < 1.29 is 8.42 Å². The highest BCUT2D eigenvalue weighted by Crippen LogP contribution is 2.22. The topological polar surface area (TPSA) is 58.2 Å². The molecule has 19 heavy (non-hydrogen) atoms. The van der Waals surface area contributed by atoms with Gasteiger partial charge >= 0.3 is 0 Å². The molecule has 2 atom stereocenters. The maximum atomic E-state index is 12.5. The van der Waals surface area contributed by atoms with Gasteiger partial charge in [0, 0.05) is 10.5 Å². The van der Waals surface area contributed by atoms with Crippen LogP contribution in [-0.2, 0) is 10.0 Å². The summed E-state index contributed by atoms with van der Waals surface area (Å²) in [5, 5.41) is 3.27. The summed E-state index contributed by atoms with van der Waals surface area (Å²) in [6, 6.07) is 5.32. The average Bonchev–Trinajstić information content (AvgIpc) is 2.35. The molecule has 0 radical (unpaired) electrons. The fraction of sp³-hybridized carbons (Fsp3) is 0.538. The van der Waals surface area contributed by atoms with Crippen LogP contribution in [0.5, 0.6) is 0 Å². The van der Waals surface area contributed by atoms with Gasteiger partial charge in [0.25, 0.3) is 0 Å². The molecule has 1 aliphatic rings. The third-order valence-corrected chi connectivity index (χ3v) is 5.66. The van der Waals surface area contributed by atoms with E-state index >= 15 is 0 Å². The molecule has 6 heteroatoms. The number of benzene rings is 1. The maximum Gasteiger partial charge on any atom is 0.241 e. The second-order valence-corrected chi connectivity index (χ2v) is 7.71. The molecule has 1 heterocycles. The molecule has 106 valence electrons. The van der Waals surface area contributed by atoms with Crippen LogP contribution in [0.25, 0.3) is 0 Å². The minimum absolute atomic E-state index is 0.00429. The molecule has 0 aliphatic carbocycles. The average molecular weight is 347 g/mol. The number of hydrogen-bond donors (Lipinski definition) is 2. The van der Waals surface area contributed by atoms with Crippen LogP contribution in [0.2, 0.25) is 0 Å². The smallest absolute Gasteiger partial charge is 0.241 e. The van der Waals surface area contributed by atoms with E-state index in [2.05, 4.69) is 32.9 Å². The van der Waals surface area contributed by atoms with Gasteiger partial charge in [0.2, 0.25) is 10.0 Å². The van der Waals surface area contributed by atoms with E-state index in [0.717, 1.165) is 29.5 Å². The van der Waals surface area contributed by atoms with Gasteiger partial charge in [-0.1, -0.05) is 28.9 Å². The van der Waals surface area contributed by atoms with Crippen molar-refractivity contribution in [1.29, 1.82) is 0 Å². The van der Waals surface area contributed by atoms with E-state index < -0.39 is 10.0 Å². The second-order valence-electron chi connectivity index (χ2n) is 5.11. The Hall–Kier alpha value is -0.430. The van der Waals surface area contributed by atoms with E-state index in [9.17, 15) is 8.42 Å². The first kappa shape index (κ1) is 15.0. The van der Waals surface area contributed by atoms with E-state index in [4.69, 9.17) is 0 Å². The summed E-state index contributed by atoms with van der Waals surface area (Å²) in [7, 11) is -3.45. The summed E-state index contributed by atoms with van der Waals surface area (Å²) in [4.78, 5) is 0.354. The predicted octanol–water partition coefficient (Wildman–Crippen LogP) is 2.03. The van der Waals surface area contributed by atoms with Crippen molar-refractivity contribution in [3.05, 3.63) is 28.2 Å². The monoisotopic (exact) mass is 346 g/mol. The molecular weight excluding hydrogens is 328 g/mol. The Morgan fingerprint density at radius 1 is 1.42 bits per heavy atom. The lowest BCUT2D eigenvalue weighted by Crippen LogP contribution is -2.48. The van der Waals surface area contributed by atoms with Gasteiger partial charge in [-0.2, -0.15) is 0 Å². The first-order valence-electron chi connectivity index (χ1n) is 6.39. The molecule has 0 saturated carbocycles. The Morgan fingerprint density at radius 2 is 2.16 bits per heavy atom. The van der Waals surface area contributed by atoms with Gasteiger partial charge in [-0.3, -0.25) is 0 Å². The Labute approximate surface area is 123 Å². The van der Waals surface area contributed by atoms with Crippen molar-refractivity contribution in [2.45, 2.75) is 31.2 Å². The zero-order valence-corrected chi connectivity index (χ0v) is 13.5. The second kappa shape index (κ2) is 5.91. The van der Waals surface area contributed by atoms with Gasteiger partial charge in [0.05, 0.1) is 4.90 Å². The molecule has 1 aromatic carbocycles. The number of nitrogens with one attached hydrogen (secondary N) is 2. The molecular formula is C13H19BrN2O2S. The summed E-state index contributed by atoms with van der Waals surface area (Å²) in [5.41, 5.74) is 0.761. The van der Waals surface area contributed by atoms with Crippen molar-refractivity contribution in [3.63, 3.8) is 0 Å². The predicted molar refractivity (Wildman–Crippen MR) is 79.6 cm³/mol. The lowest BCUT2D eigenvalue weighted by atomic mass is 9.97. The number of piperidine rings is 1. The Kier molecular flexibility index (Phi) is 4.66. The Bertz CT molecular complexity index is 560. The van der Waals surface area contributed by atoms with Crippen molar-refractivity contribution in [1.82, 2.24) is 10.0 Å². The summed E-state index contributed by atoms with van der Waals surface area (Å²) in [5.74, 6) is 0.302. The normalized spacial score (nSPS) is 24.4. The van der Waals surface area contributed by atoms with Gasteiger partial charge in [0.15, 0.2) is 0 Å². The number of rotatable bonds is 3. The van der Waals surface area contributed by atoms with Gasteiger partial charge < -0.3 is 5.32 Å². The maximum absolute atomic E-state index is 12.5. The van der Waals surface area contributed by atoms with E-state index in [0.29, 0.717) is 10.8 Å². The van der Waals surface area contributed by atoms with E-state index in [1.165, 1.54) is 0 Å². The highest BCUT2D eigenvalue weighted by Gasteiger charge is 2.27. The SMILES string of the molecule is Cc1ccc(Br)cc1S(=O)(=O)NC1CCNCC1C. The number of aryl methyl sites for hydroxylation is 1. The fourth-order valence-corrected chi connectivity index (χ4v) is 4.48. The number of sulfonamides is 1. The van der Waals surface area contributed by atoms with Crippen molar-refractivity contribution in [2.75, 3.05) is 13.1 Å². The van der Waals surface area contributed by atoms with Crippen LogP contribution in [0.15, 0.2) is 27.6 Å². The van der Waals surface area contributed by atoms with E-state index in [1.54, 1.807) is 6.07 Å². The van der Waals surface area contributed by atoms with Gasteiger partial charge in [-0.25, -0.2) is 13.1 Å². The van der Waals surface area contributed by atoms with Crippen LogP contribution in [-0.4, -0.2) is 27.5 Å². The molecule has 1 fully saturated rings.